The summed E-state index contributed by atoms with van der Waals surface area (Å²) in [4.78, 5) is 6.58. The molecule has 7 nitrogen and oxygen atoms in total. The Morgan fingerprint density at radius 1 is 1.00 bits per heavy atom. The zero-order valence-electron chi connectivity index (χ0n) is 16.3. The van der Waals surface area contributed by atoms with Crippen LogP contribution < -0.4 is 10.2 Å². The molecule has 4 aromatic rings. The van der Waals surface area contributed by atoms with Crippen LogP contribution in [0.2, 0.25) is 0 Å². The molecule has 0 atom stereocenters. The summed E-state index contributed by atoms with van der Waals surface area (Å²) in [5.74, 6) is 0.852. The summed E-state index contributed by atoms with van der Waals surface area (Å²) in [6.45, 7) is 0. The van der Waals surface area contributed by atoms with E-state index in [2.05, 4.69) is 20.5 Å². The highest BCUT2D eigenvalue weighted by Crippen LogP contribution is 2.31. The molecule has 2 aromatic heterocycles. The molecule has 0 amide bonds. The summed E-state index contributed by atoms with van der Waals surface area (Å²) < 4.78 is 23.6. The number of anilines is 3. The fourth-order valence-corrected chi connectivity index (χ4v) is 3.76. The van der Waals surface area contributed by atoms with Crippen molar-refractivity contribution in [2.45, 2.75) is 4.90 Å². The van der Waals surface area contributed by atoms with Gasteiger partial charge in [-0.05, 0) is 48.5 Å². The van der Waals surface area contributed by atoms with Gasteiger partial charge in [0.1, 0.15) is 11.5 Å². The van der Waals surface area contributed by atoms with E-state index in [1.165, 1.54) is 6.26 Å². The summed E-state index contributed by atoms with van der Waals surface area (Å²) in [6.07, 6.45) is 2.97. The van der Waals surface area contributed by atoms with Gasteiger partial charge in [0.25, 0.3) is 0 Å². The van der Waals surface area contributed by atoms with E-state index in [0.717, 1.165) is 33.7 Å². The van der Waals surface area contributed by atoms with Gasteiger partial charge in [-0.1, -0.05) is 6.07 Å². The van der Waals surface area contributed by atoms with Gasteiger partial charge in [0.05, 0.1) is 10.4 Å². The van der Waals surface area contributed by atoms with E-state index in [9.17, 15) is 8.42 Å². The Bertz CT molecular complexity index is 1300. The first kappa shape index (κ1) is 18.9. The lowest BCUT2D eigenvalue weighted by Crippen LogP contribution is -2.10. The average molecular weight is 407 g/mol. The van der Waals surface area contributed by atoms with Crippen molar-refractivity contribution in [1.29, 1.82) is 0 Å². The number of hydrogen-bond donors (Lipinski definition) is 2. The zero-order valence-corrected chi connectivity index (χ0v) is 17.2. The molecule has 0 saturated heterocycles. The standard InChI is InChI=1S/C21H21N5O2S/c1-26(2)20-11-14(9-10-22-20)21-18-13-16(7-8-19(18)24-25-21)23-15-5-4-6-17(12-15)29(3,27)28/h4-13,23H,1-3H3,(H,24,25). The lowest BCUT2D eigenvalue weighted by molar-refractivity contribution is 0.602. The van der Waals surface area contributed by atoms with Gasteiger partial charge in [-0.15, -0.1) is 0 Å². The molecule has 0 aliphatic rings. The number of rotatable bonds is 5. The number of nitrogens with one attached hydrogen (secondary N) is 2. The van der Waals surface area contributed by atoms with E-state index in [1.54, 1.807) is 24.4 Å². The largest absolute Gasteiger partial charge is 0.363 e. The van der Waals surface area contributed by atoms with Crippen molar-refractivity contribution in [2.24, 2.45) is 0 Å². The van der Waals surface area contributed by atoms with Crippen molar-refractivity contribution >= 4 is 37.9 Å². The highest BCUT2D eigenvalue weighted by atomic mass is 32.2. The molecule has 0 bridgehead atoms. The molecule has 2 heterocycles. The van der Waals surface area contributed by atoms with Crippen molar-refractivity contribution in [3.8, 4) is 11.3 Å². The lowest BCUT2D eigenvalue weighted by Gasteiger charge is -2.11. The van der Waals surface area contributed by atoms with Crippen molar-refractivity contribution in [3.63, 3.8) is 0 Å². The maximum atomic E-state index is 11.8. The molecule has 0 aliphatic heterocycles. The smallest absolute Gasteiger partial charge is 0.175 e. The number of H-pyrrole nitrogens is 1. The Hall–Kier alpha value is -3.39. The van der Waals surface area contributed by atoms with E-state index in [-0.39, 0.29) is 4.90 Å². The average Bonchev–Trinajstić information content (AvgIpc) is 3.11. The molecule has 4 rings (SSSR count). The predicted octanol–water partition coefficient (Wildman–Crippen LogP) is 3.84. The van der Waals surface area contributed by atoms with Crippen LogP contribution >= 0.6 is 0 Å². The SMILES string of the molecule is CN(C)c1cc(-c2n[nH]c3ccc(Nc4cccc(S(C)(=O)=O)c4)cc23)ccn1. The second-order valence-electron chi connectivity index (χ2n) is 7.05. The van der Waals surface area contributed by atoms with Crippen LogP contribution in [0.25, 0.3) is 22.2 Å². The van der Waals surface area contributed by atoms with Crippen LogP contribution in [0.5, 0.6) is 0 Å². The van der Waals surface area contributed by atoms with Crippen molar-refractivity contribution in [2.75, 3.05) is 30.6 Å². The number of aromatic amines is 1. The van der Waals surface area contributed by atoms with Gasteiger partial charge in [0.15, 0.2) is 9.84 Å². The van der Waals surface area contributed by atoms with E-state index < -0.39 is 9.84 Å². The second kappa shape index (κ2) is 7.21. The van der Waals surface area contributed by atoms with Crippen molar-refractivity contribution in [3.05, 3.63) is 60.8 Å². The molecule has 0 unspecified atom stereocenters. The van der Waals surface area contributed by atoms with E-state index in [0.29, 0.717) is 5.69 Å². The van der Waals surface area contributed by atoms with Gasteiger partial charge >= 0.3 is 0 Å². The molecule has 0 radical (unpaired) electrons. The quantitative estimate of drug-likeness (QED) is 0.522. The first-order valence-corrected chi connectivity index (χ1v) is 10.9. The number of aromatic nitrogens is 3. The maximum Gasteiger partial charge on any atom is 0.175 e. The van der Waals surface area contributed by atoms with Crippen LogP contribution in [0.4, 0.5) is 17.2 Å². The molecular weight excluding hydrogens is 386 g/mol. The normalized spacial score (nSPS) is 11.6. The molecule has 8 heteroatoms. The Morgan fingerprint density at radius 2 is 1.79 bits per heavy atom. The molecule has 0 spiro atoms. The third kappa shape index (κ3) is 3.93. The summed E-state index contributed by atoms with van der Waals surface area (Å²) in [5.41, 5.74) is 4.26. The van der Waals surface area contributed by atoms with Gasteiger partial charge in [-0.25, -0.2) is 13.4 Å². The molecular formula is C21H21N5O2S. The van der Waals surface area contributed by atoms with Gasteiger partial charge in [-0.3, -0.25) is 5.10 Å². The summed E-state index contributed by atoms with van der Waals surface area (Å²) in [5, 5.41) is 11.8. The van der Waals surface area contributed by atoms with Crippen molar-refractivity contribution < 1.29 is 8.42 Å². The molecule has 0 aliphatic carbocycles. The Balaban J connectivity index is 1.72. The van der Waals surface area contributed by atoms with E-state index >= 15 is 0 Å². The van der Waals surface area contributed by atoms with E-state index in [4.69, 9.17) is 0 Å². The first-order valence-electron chi connectivity index (χ1n) is 9.00. The molecule has 0 saturated carbocycles. The van der Waals surface area contributed by atoms with E-state index in [1.807, 2.05) is 55.4 Å². The predicted molar refractivity (Wildman–Crippen MR) is 116 cm³/mol. The molecule has 148 valence electrons. The maximum absolute atomic E-state index is 11.8. The van der Waals surface area contributed by atoms with Crippen LogP contribution in [0, 0.1) is 0 Å². The molecule has 0 fully saturated rings. The molecule has 2 N–H and O–H groups in total. The van der Waals surface area contributed by atoms with Gasteiger partial charge in [0.2, 0.25) is 0 Å². The fourth-order valence-electron chi connectivity index (χ4n) is 3.09. The van der Waals surface area contributed by atoms with Gasteiger partial charge in [-0.2, -0.15) is 5.10 Å². The number of sulfone groups is 1. The van der Waals surface area contributed by atoms with Crippen molar-refractivity contribution in [1.82, 2.24) is 15.2 Å². The van der Waals surface area contributed by atoms with Crippen LogP contribution in [0.1, 0.15) is 0 Å². The lowest BCUT2D eigenvalue weighted by atomic mass is 10.1. The Labute approximate surface area is 169 Å². The van der Waals surface area contributed by atoms with Crippen LogP contribution in [-0.4, -0.2) is 44.0 Å². The number of fused-ring (bicyclic) bond motifs is 1. The number of benzene rings is 2. The first-order chi connectivity index (χ1) is 13.8. The molecule has 2 aromatic carbocycles. The Morgan fingerprint density at radius 3 is 2.55 bits per heavy atom. The van der Waals surface area contributed by atoms with Crippen LogP contribution in [0.15, 0.2) is 65.7 Å². The van der Waals surface area contributed by atoms with Gasteiger partial charge in [0, 0.05) is 48.9 Å². The highest BCUT2D eigenvalue weighted by Gasteiger charge is 2.12. The number of nitrogens with zero attached hydrogens (tertiary/aromatic N) is 3. The minimum absolute atomic E-state index is 0.278. The summed E-state index contributed by atoms with van der Waals surface area (Å²) >= 11 is 0. The topological polar surface area (TPSA) is 91.0 Å². The summed E-state index contributed by atoms with van der Waals surface area (Å²) in [7, 11) is 0.630. The minimum atomic E-state index is -3.26. The van der Waals surface area contributed by atoms with Gasteiger partial charge < -0.3 is 10.2 Å². The molecule has 29 heavy (non-hydrogen) atoms. The minimum Gasteiger partial charge on any atom is -0.363 e. The number of hydrogen-bond acceptors (Lipinski definition) is 6. The Kier molecular flexibility index (Phi) is 4.71. The zero-order chi connectivity index (χ0) is 20.6. The number of pyridine rings is 1. The second-order valence-corrected chi connectivity index (χ2v) is 9.07. The monoisotopic (exact) mass is 407 g/mol. The summed E-state index contributed by atoms with van der Waals surface area (Å²) in [6, 6.07) is 16.6. The van der Waals surface area contributed by atoms with Crippen LogP contribution in [-0.2, 0) is 9.84 Å². The third-order valence-electron chi connectivity index (χ3n) is 4.59. The highest BCUT2D eigenvalue weighted by molar-refractivity contribution is 7.90. The fraction of sp³-hybridized carbons (Fsp3) is 0.143. The van der Waals surface area contributed by atoms with Crippen LogP contribution in [0.3, 0.4) is 0 Å². The third-order valence-corrected chi connectivity index (χ3v) is 5.70.